The summed E-state index contributed by atoms with van der Waals surface area (Å²) in [4.78, 5) is 62.5. The monoisotopic (exact) mass is 867 g/mol. The van der Waals surface area contributed by atoms with E-state index in [1.807, 2.05) is 44.2 Å². The molecule has 2 aromatic carbocycles. The first-order chi connectivity index (χ1) is 29.9. The molecule has 63 heavy (non-hydrogen) atoms. The van der Waals surface area contributed by atoms with Crippen molar-refractivity contribution in [2.24, 2.45) is 11.3 Å². The summed E-state index contributed by atoms with van der Waals surface area (Å²) in [7, 11) is 3.09. The van der Waals surface area contributed by atoms with Crippen LogP contribution in [-0.2, 0) is 54.6 Å². The van der Waals surface area contributed by atoms with Gasteiger partial charge in [-0.3, -0.25) is 24.4 Å². The Hall–Kier alpha value is -5.39. The molecule has 6 bridgehead atoms. The number of aromatic hydroxyl groups is 1. The maximum atomic E-state index is 14.6. The number of aromatic nitrogens is 2. The Morgan fingerprint density at radius 3 is 2.57 bits per heavy atom. The number of carbonyl (C=O) groups is 4. The van der Waals surface area contributed by atoms with Crippen LogP contribution >= 0.6 is 0 Å². The zero-order chi connectivity index (χ0) is 45.4. The van der Waals surface area contributed by atoms with Gasteiger partial charge in [0.05, 0.1) is 24.6 Å². The number of hydrogen-bond acceptors (Lipinski definition) is 12. The number of phenols is 1. The second-order valence-corrected chi connectivity index (χ2v) is 18.4. The molecule has 0 aliphatic carbocycles. The van der Waals surface area contributed by atoms with Crippen LogP contribution in [0, 0.1) is 11.3 Å². The Kier molecular flexibility index (Phi) is 13.0. The van der Waals surface area contributed by atoms with Crippen molar-refractivity contribution in [2.75, 3.05) is 40.4 Å². The molecule has 1 unspecified atom stereocenters. The van der Waals surface area contributed by atoms with E-state index in [2.05, 4.69) is 38.6 Å². The van der Waals surface area contributed by atoms with Crippen LogP contribution in [-0.4, -0.2) is 122 Å². The zero-order valence-electron chi connectivity index (χ0n) is 37.3. The molecular weight excluding hydrogens is 807 g/mol. The fourth-order valence-corrected chi connectivity index (χ4v) is 9.46. The standard InChI is InChI=1S/C47H61N7O9/c1-8-53-38-13-12-30-23-34(38)35(40(53)33-11-9-16-49-37(33)25-62-7)24-45(4,5)27-63-44(59)47(61)14-10-18-54(51-47)42(57)36(21-29-19-31(30)22-32(55)20-29)50-41(56)39(28(2)3)52(6)43(58)46(60)15-17-48-26-46/h9,11-13,16,19-20,22-23,28,36,39,48,51,55,60-61H,8,10,14-15,17-18,21,24-27H2,1-7H3,(H,50,56)/t36-,39-,46?,47-/m0/s1. The minimum atomic E-state index is -2.26. The SMILES string of the molecule is CCn1c(-c2cccnc2COC)c2c3cc(ccc31)-c1cc(O)cc(c1)C[C@H](NC(=O)[C@H](C(C)C)N(C)C(=O)C1(O)CCNC1)C(=O)N1CCC[C@@](O)(N1)C(=O)OCC(C)(C)C2. The van der Waals surface area contributed by atoms with Gasteiger partial charge in [0.25, 0.3) is 11.8 Å². The molecule has 6 N–H and O–H groups in total. The number of aryl methyl sites for hydroxylation is 1. The van der Waals surface area contributed by atoms with Crippen LogP contribution in [0.1, 0.15) is 70.7 Å². The van der Waals surface area contributed by atoms with E-state index in [0.717, 1.165) is 44.0 Å². The largest absolute Gasteiger partial charge is 0.508 e. The van der Waals surface area contributed by atoms with E-state index in [0.29, 0.717) is 37.2 Å². The van der Waals surface area contributed by atoms with Gasteiger partial charge in [-0.15, -0.1) is 0 Å². The number of carbonyl (C=O) groups excluding carboxylic acids is 4. The first-order valence-electron chi connectivity index (χ1n) is 21.8. The molecule has 16 heteroatoms. The van der Waals surface area contributed by atoms with Crippen LogP contribution in [0.15, 0.2) is 54.7 Å². The Labute approximate surface area is 367 Å². The number of cyclic esters (lactones) is 1. The number of esters is 1. The van der Waals surface area contributed by atoms with Crippen LogP contribution in [0.5, 0.6) is 5.75 Å². The number of likely N-dealkylation sites (N-methyl/N-ethyl adjacent to an activating group) is 1. The van der Waals surface area contributed by atoms with E-state index in [4.69, 9.17) is 9.47 Å². The average molecular weight is 868 g/mol. The number of hydrazine groups is 1. The molecule has 3 aliphatic rings. The Balaban J connectivity index is 1.35. The van der Waals surface area contributed by atoms with E-state index >= 15 is 0 Å². The maximum absolute atomic E-state index is 14.6. The van der Waals surface area contributed by atoms with Crippen molar-refractivity contribution in [3.63, 3.8) is 0 Å². The van der Waals surface area contributed by atoms with Crippen molar-refractivity contribution >= 4 is 34.6 Å². The smallest absolute Gasteiger partial charge is 0.355 e. The minimum Gasteiger partial charge on any atom is -0.508 e. The predicted molar refractivity (Wildman–Crippen MR) is 236 cm³/mol. The molecule has 3 aliphatic heterocycles. The van der Waals surface area contributed by atoms with Crippen LogP contribution in [0.25, 0.3) is 33.3 Å². The van der Waals surface area contributed by atoms with Gasteiger partial charge >= 0.3 is 5.97 Å². The number of fused-ring (bicyclic) bond motifs is 6. The summed E-state index contributed by atoms with van der Waals surface area (Å²) in [6.45, 7) is 11.1. The van der Waals surface area contributed by atoms with Crippen molar-refractivity contribution in [1.29, 1.82) is 0 Å². The average Bonchev–Trinajstić information content (AvgIpc) is 3.82. The number of aliphatic hydroxyl groups is 2. The van der Waals surface area contributed by atoms with Gasteiger partial charge in [0.15, 0.2) is 5.60 Å². The number of benzene rings is 2. The number of methoxy groups -OCH3 is 1. The summed E-state index contributed by atoms with van der Waals surface area (Å²) in [6, 6.07) is 12.7. The van der Waals surface area contributed by atoms with Crippen molar-refractivity contribution in [3.8, 4) is 28.1 Å². The molecule has 16 nitrogen and oxygen atoms in total. The summed E-state index contributed by atoms with van der Waals surface area (Å²) in [5.74, 6) is -3.33. The highest BCUT2D eigenvalue weighted by molar-refractivity contribution is 5.96. The number of ether oxygens (including phenoxy) is 2. The summed E-state index contributed by atoms with van der Waals surface area (Å²) < 4.78 is 13.7. The van der Waals surface area contributed by atoms with Gasteiger partial charge in [0.2, 0.25) is 11.6 Å². The lowest BCUT2D eigenvalue weighted by Gasteiger charge is -2.40. The number of nitrogens with one attached hydrogen (secondary N) is 3. The van der Waals surface area contributed by atoms with Crippen molar-refractivity contribution < 1.29 is 44.0 Å². The van der Waals surface area contributed by atoms with Gasteiger partial charge in [-0.25, -0.2) is 4.79 Å². The number of rotatable bonds is 9. The highest BCUT2D eigenvalue weighted by Gasteiger charge is 2.47. The normalized spacial score (nSPS) is 23.3. The van der Waals surface area contributed by atoms with Gasteiger partial charge in [-0.05, 0) is 97.3 Å². The highest BCUT2D eigenvalue weighted by Crippen LogP contribution is 2.41. The van der Waals surface area contributed by atoms with E-state index in [1.54, 1.807) is 33.2 Å². The third-order valence-electron chi connectivity index (χ3n) is 12.5. The quantitative estimate of drug-likeness (QED) is 0.134. The lowest BCUT2D eigenvalue weighted by Crippen LogP contribution is -2.67. The predicted octanol–water partition coefficient (Wildman–Crippen LogP) is 3.42. The fraction of sp³-hybridized carbons (Fsp3) is 0.511. The molecule has 2 saturated heterocycles. The number of phenolic OH excluding ortho intramolecular Hbond substituents is 1. The van der Waals surface area contributed by atoms with Crippen molar-refractivity contribution in [1.82, 2.24) is 35.5 Å². The third kappa shape index (κ3) is 9.18. The van der Waals surface area contributed by atoms with E-state index in [-0.39, 0.29) is 51.1 Å². The molecule has 0 radical (unpaired) electrons. The van der Waals surface area contributed by atoms with Gasteiger partial charge < -0.3 is 44.9 Å². The first kappa shape index (κ1) is 45.6. The maximum Gasteiger partial charge on any atom is 0.355 e. The van der Waals surface area contributed by atoms with E-state index < -0.39 is 58.4 Å². The molecule has 2 fully saturated rings. The molecular formula is C47H61N7O9. The van der Waals surface area contributed by atoms with E-state index in [9.17, 15) is 34.5 Å². The minimum absolute atomic E-state index is 0.0384. The Morgan fingerprint density at radius 2 is 1.87 bits per heavy atom. The highest BCUT2D eigenvalue weighted by atomic mass is 16.6. The van der Waals surface area contributed by atoms with Gasteiger partial charge in [0.1, 0.15) is 17.8 Å². The first-order valence-corrected chi connectivity index (χ1v) is 21.8. The summed E-state index contributed by atoms with van der Waals surface area (Å²) in [6.07, 6.45) is 2.48. The van der Waals surface area contributed by atoms with Gasteiger partial charge in [-0.1, -0.05) is 39.8 Å². The molecule has 3 amide bonds. The molecule has 7 rings (SSSR count). The number of nitrogens with zero attached hydrogens (tertiary/aromatic N) is 4. The van der Waals surface area contributed by atoms with E-state index in [1.165, 1.54) is 18.0 Å². The zero-order valence-corrected chi connectivity index (χ0v) is 37.3. The lowest BCUT2D eigenvalue weighted by molar-refractivity contribution is -0.189. The second-order valence-electron chi connectivity index (χ2n) is 18.4. The summed E-state index contributed by atoms with van der Waals surface area (Å²) >= 11 is 0. The van der Waals surface area contributed by atoms with Crippen LogP contribution < -0.4 is 16.1 Å². The summed E-state index contributed by atoms with van der Waals surface area (Å²) in [5, 5.41) is 42.2. The van der Waals surface area contributed by atoms with Gasteiger partial charge in [-0.2, -0.15) is 5.43 Å². The Morgan fingerprint density at radius 1 is 1.10 bits per heavy atom. The third-order valence-corrected chi connectivity index (χ3v) is 12.5. The topological polar surface area (TPSA) is 208 Å². The van der Waals surface area contributed by atoms with Crippen molar-refractivity contribution in [3.05, 3.63) is 71.5 Å². The van der Waals surface area contributed by atoms with Crippen LogP contribution in [0.3, 0.4) is 0 Å². The molecule has 4 atom stereocenters. The molecule has 5 heterocycles. The van der Waals surface area contributed by atoms with Crippen molar-refractivity contribution in [2.45, 2.75) is 103 Å². The molecule has 0 saturated carbocycles. The number of amides is 3. The second kappa shape index (κ2) is 18.0. The number of hydrogen-bond donors (Lipinski definition) is 6. The summed E-state index contributed by atoms with van der Waals surface area (Å²) in [5.41, 5.74) is 4.70. The number of β-amino-alcohol motifs (C(OH)–C–C–N with tert-alkyl or cyclic N) is 1. The molecule has 4 aromatic rings. The van der Waals surface area contributed by atoms with Crippen LogP contribution in [0.4, 0.5) is 0 Å². The Bertz CT molecular complexity index is 2390. The molecule has 2 aromatic heterocycles. The fourth-order valence-electron chi connectivity index (χ4n) is 9.46. The van der Waals surface area contributed by atoms with Crippen LogP contribution in [0.2, 0.25) is 0 Å². The lowest BCUT2D eigenvalue weighted by atomic mass is 9.84. The number of pyridine rings is 1. The molecule has 0 spiro atoms. The molecule has 338 valence electrons. The van der Waals surface area contributed by atoms with Gasteiger partial charge in [0, 0.05) is 74.7 Å².